The van der Waals surface area contributed by atoms with Gasteiger partial charge < -0.3 is 14.2 Å². The Hall–Kier alpha value is -3.41. The molecule has 0 aliphatic rings. The van der Waals surface area contributed by atoms with E-state index >= 15 is 0 Å². The molecule has 0 rings (SSSR count). The van der Waals surface area contributed by atoms with Crippen molar-refractivity contribution in [1.82, 2.24) is 0 Å². The van der Waals surface area contributed by atoms with Gasteiger partial charge in [0.05, 0.1) is 0 Å². The number of carbonyl (C=O) groups is 3. The molecule has 0 N–H and O–H groups in total. The van der Waals surface area contributed by atoms with E-state index in [4.69, 9.17) is 14.2 Å². The van der Waals surface area contributed by atoms with E-state index < -0.39 is 6.10 Å². The third-order valence-corrected chi connectivity index (χ3v) is 14.2. The summed E-state index contributed by atoms with van der Waals surface area (Å²) in [5, 5.41) is 0. The highest BCUT2D eigenvalue weighted by molar-refractivity contribution is 5.71. The van der Waals surface area contributed by atoms with E-state index in [1.807, 2.05) is 0 Å². The molecule has 6 nitrogen and oxygen atoms in total. The molecule has 0 fully saturated rings. The first kappa shape index (κ1) is 72.6. The molecule has 1 atom stereocenters. The van der Waals surface area contributed by atoms with Gasteiger partial charge >= 0.3 is 17.9 Å². The van der Waals surface area contributed by atoms with Crippen molar-refractivity contribution in [2.45, 2.75) is 329 Å². The molecule has 76 heavy (non-hydrogen) atoms. The summed E-state index contributed by atoms with van der Waals surface area (Å²) in [4.78, 5) is 38.3. The first-order chi connectivity index (χ1) is 37.5. The topological polar surface area (TPSA) is 78.9 Å². The molecule has 0 radical (unpaired) electrons. The maximum Gasteiger partial charge on any atom is 0.306 e. The van der Waals surface area contributed by atoms with Gasteiger partial charge in [-0.1, -0.05) is 318 Å². The van der Waals surface area contributed by atoms with Gasteiger partial charge in [0.2, 0.25) is 0 Å². The number of allylic oxidation sites excluding steroid dienone is 14. The Bertz CT molecular complexity index is 1450. The summed E-state index contributed by atoms with van der Waals surface area (Å²) in [5.74, 6) is -0.934. The quantitative estimate of drug-likeness (QED) is 0.0261. The van der Waals surface area contributed by atoms with Crippen LogP contribution in [0.4, 0.5) is 0 Å². The zero-order valence-corrected chi connectivity index (χ0v) is 50.3. The molecule has 0 heterocycles. The number of esters is 3. The van der Waals surface area contributed by atoms with Crippen LogP contribution in [0.3, 0.4) is 0 Å². The number of carbonyl (C=O) groups excluding carboxylic acids is 3. The van der Waals surface area contributed by atoms with E-state index in [9.17, 15) is 14.4 Å². The fourth-order valence-corrected chi connectivity index (χ4v) is 9.32. The minimum atomic E-state index is -0.798. The molecule has 0 aliphatic carbocycles. The predicted molar refractivity (Wildman–Crippen MR) is 330 cm³/mol. The van der Waals surface area contributed by atoms with Crippen LogP contribution in [0.15, 0.2) is 85.1 Å². The summed E-state index contributed by atoms with van der Waals surface area (Å²) in [6.45, 7) is 6.53. The Morgan fingerprint density at radius 1 is 0.276 bits per heavy atom. The van der Waals surface area contributed by atoms with Crippen molar-refractivity contribution in [2.24, 2.45) is 0 Å². The molecular weight excluding hydrogens is 937 g/mol. The second-order valence-electron chi connectivity index (χ2n) is 21.7. The summed E-state index contributed by atoms with van der Waals surface area (Å²) in [5.41, 5.74) is 0. The summed E-state index contributed by atoms with van der Waals surface area (Å²) in [6.07, 6.45) is 84.5. The minimum Gasteiger partial charge on any atom is -0.462 e. The molecule has 0 aromatic rings. The highest BCUT2D eigenvalue weighted by Crippen LogP contribution is 2.17. The first-order valence-electron chi connectivity index (χ1n) is 32.6. The normalized spacial score (nSPS) is 12.6. The Kier molecular flexibility index (Phi) is 61.2. The summed E-state index contributed by atoms with van der Waals surface area (Å²) >= 11 is 0. The van der Waals surface area contributed by atoms with Gasteiger partial charge in [0.1, 0.15) is 13.2 Å². The van der Waals surface area contributed by atoms with Gasteiger partial charge in [-0.25, -0.2) is 0 Å². The van der Waals surface area contributed by atoms with E-state index in [0.29, 0.717) is 19.3 Å². The Morgan fingerprint density at radius 2 is 0.513 bits per heavy atom. The maximum absolute atomic E-state index is 12.9. The van der Waals surface area contributed by atoms with Crippen LogP contribution in [0.1, 0.15) is 323 Å². The smallest absolute Gasteiger partial charge is 0.306 e. The molecule has 0 saturated heterocycles. The number of hydrogen-bond acceptors (Lipinski definition) is 6. The Labute approximate surface area is 471 Å². The fourth-order valence-electron chi connectivity index (χ4n) is 9.32. The molecule has 0 amide bonds. The number of ether oxygens (including phenoxy) is 3. The molecule has 0 aliphatic heterocycles. The van der Waals surface area contributed by atoms with Gasteiger partial charge in [-0.3, -0.25) is 14.4 Å². The molecule has 0 aromatic heterocycles. The number of rotatable bonds is 59. The molecule has 0 spiro atoms. The predicted octanol–water partition coefficient (Wildman–Crippen LogP) is 22.3. The van der Waals surface area contributed by atoms with Crippen molar-refractivity contribution in [1.29, 1.82) is 0 Å². The monoisotopic (exact) mass is 1060 g/mol. The molecule has 1 unspecified atom stereocenters. The average molecular weight is 1060 g/mol. The van der Waals surface area contributed by atoms with Crippen LogP contribution >= 0.6 is 0 Å². The first-order valence-corrected chi connectivity index (χ1v) is 32.6. The zero-order valence-electron chi connectivity index (χ0n) is 50.3. The molecule has 6 heteroatoms. The maximum atomic E-state index is 12.9. The molecule has 0 aromatic carbocycles. The van der Waals surface area contributed by atoms with Crippen LogP contribution in [0.2, 0.25) is 0 Å². The van der Waals surface area contributed by atoms with E-state index in [0.717, 1.165) is 89.9 Å². The van der Waals surface area contributed by atoms with Crippen LogP contribution < -0.4 is 0 Å². The molecule has 0 bridgehead atoms. The average Bonchev–Trinajstić information content (AvgIpc) is 3.42. The molecule has 438 valence electrons. The van der Waals surface area contributed by atoms with Crippen molar-refractivity contribution in [3.63, 3.8) is 0 Å². The van der Waals surface area contributed by atoms with E-state index in [1.165, 1.54) is 186 Å². The van der Waals surface area contributed by atoms with Crippen LogP contribution in [0.5, 0.6) is 0 Å². The SMILES string of the molecule is CC/C=C\C/C=C\C/C=C\C/C=C\C/C=C\C/C=C\C/C=C\CCCC(=O)OCC(COC(=O)CCCCCCCCCCCCCCCCCC)OC(=O)CCCCCCCCCCCCCCCCCCCCC. The highest BCUT2D eigenvalue weighted by Gasteiger charge is 2.19. The lowest BCUT2D eigenvalue weighted by atomic mass is 10.0. The summed E-state index contributed by atoms with van der Waals surface area (Å²) in [6, 6.07) is 0. The van der Waals surface area contributed by atoms with Gasteiger partial charge in [-0.2, -0.15) is 0 Å². The fraction of sp³-hybridized carbons (Fsp3) is 0.757. The van der Waals surface area contributed by atoms with Gasteiger partial charge in [-0.05, 0) is 70.6 Å². The highest BCUT2D eigenvalue weighted by atomic mass is 16.6. The van der Waals surface area contributed by atoms with Gasteiger partial charge in [0, 0.05) is 19.3 Å². The van der Waals surface area contributed by atoms with Crippen LogP contribution in [0, 0.1) is 0 Å². The lowest BCUT2D eigenvalue weighted by molar-refractivity contribution is -0.167. The summed E-state index contributed by atoms with van der Waals surface area (Å²) in [7, 11) is 0. The molecular formula is C70H122O6. The van der Waals surface area contributed by atoms with Crippen LogP contribution in [-0.2, 0) is 28.6 Å². The van der Waals surface area contributed by atoms with E-state index in [1.54, 1.807) is 0 Å². The Morgan fingerprint density at radius 3 is 0.803 bits per heavy atom. The van der Waals surface area contributed by atoms with Crippen molar-refractivity contribution < 1.29 is 28.6 Å². The molecule has 0 saturated carbocycles. The van der Waals surface area contributed by atoms with Gasteiger partial charge in [0.25, 0.3) is 0 Å². The zero-order chi connectivity index (χ0) is 55.0. The largest absolute Gasteiger partial charge is 0.462 e. The second-order valence-corrected chi connectivity index (χ2v) is 21.7. The lowest BCUT2D eigenvalue weighted by Crippen LogP contribution is -2.30. The number of hydrogen-bond donors (Lipinski definition) is 0. The van der Waals surface area contributed by atoms with E-state index in [-0.39, 0.29) is 37.5 Å². The van der Waals surface area contributed by atoms with E-state index in [2.05, 4.69) is 106 Å². The summed E-state index contributed by atoms with van der Waals surface area (Å²) < 4.78 is 16.9. The van der Waals surface area contributed by atoms with Crippen molar-refractivity contribution in [3.05, 3.63) is 85.1 Å². The lowest BCUT2D eigenvalue weighted by Gasteiger charge is -2.18. The third kappa shape index (κ3) is 61.4. The van der Waals surface area contributed by atoms with Crippen molar-refractivity contribution in [3.8, 4) is 0 Å². The third-order valence-electron chi connectivity index (χ3n) is 14.2. The second kappa shape index (κ2) is 64.1. The minimum absolute atomic E-state index is 0.0900. The van der Waals surface area contributed by atoms with Gasteiger partial charge in [-0.15, -0.1) is 0 Å². The van der Waals surface area contributed by atoms with Crippen LogP contribution in [0.25, 0.3) is 0 Å². The van der Waals surface area contributed by atoms with Gasteiger partial charge in [0.15, 0.2) is 6.10 Å². The van der Waals surface area contributed by atoms with Crippen molar-refractivity contribution >= 4 is 17.9 Å². The Balaban J connectivity index is 4.44. The van der Waals surface area contributed by atoms with Crippen LogP contribution in [-0.4, -0.2) is 37.2 Å². The van der Waals surface area contributed by atoms with Crippen molar-refractivity contribution in [2.75, 3.05) is 13.2 Å². The number of unbranched alkanes of at least 4 members (excludes halogenated alkanes) is 34. The standard InChI is InChI=1S/C70H122O6/c1-4-7-10-13-16-19-22-25-28-31-33-34-35-36-38-39-42-45-48-51-54-57-60-63-69(72)75-66-67(65-74-68(71)62-59-56-53-50-47-44-41-30-27-24-21-18-15-12-9-6-3)76-70(73)64-61-58-55-52-49-46-43-40-37-32-29-26-23-20-17-14-11-8-5-2/h7,10,16,19,25,28,33-34,36,38,42,45,51,54,67H,4-6,8-9,11-15,17-18,20-24,26-27,29-32,35,37,39-41,43-44,46-50,52-53,55-66H2,1-3H3/b10-7-,19-16-,28-25-,34-33-,38-36-,45-42-,54-51-.